The fourth-order valence-corrected chi connectivity index (χ4v) is 3.14. The number of aryl methyl sites for hydroxylation is 1. The van der Waals surface area contributed by atoms with E-state index in [4.69, 9.17) is 0 Å². The first kappa shape index (κ1) is 13.1. The van der Waals surface area contributed by atoms with Crippen molar-refractivity contribution < 1.29 is 0 Å². The minimum atomic E-state index is 0.468. The lowest BCUT2D eigenvalue weighted by Gasteiger charge is -2.31. The highest BCUT2D eigenvalue weighted by Crippen LogP contribution is 2.31. The topological polar surface area (TPSA) is 15.3 Å². The molecule has 1 fully saturated rings. The molecule has 0 bridgehead atoms. The lowest BCUT2D eigenvalue weighted by molar-refractivity contribution is 0.243. The van der Waals surface area contributed by atoms with Crippen molar-refractivity contribution in [2.45, 2.75) is 31.8 Å². The fraction of sp³-hybridized carbons (Fsp3) is 0.571. The summed E-state index contributed by atoms with van der Waals surface area (Å²) in [6.07, 6.45) is 2.57. The minimum Gasteiger partial charge on any atom is -0.312 e. The van der Waals surface area contributed by atoms with E-state index in [9.17, 15) is 0 Å². The van der Waals surface area contributed by atoms with Gasteiger partial charge in [-0.15, -0.1) is 0 Å². The second-order valence-electron chi connectivity index (χ2n) is 5.11. The molecule has 2 rings (SSSR count). The molecular weight excluding hydrogens is 276 g/mol. The fourth-order valence-electron chi connectivity index (χ4n) is 2.77. The number of halogens is 1. The zero-order chi connectivity index (χ0) is 12.4. The van der Waals surface area contributed by atoms with Gasteiger partial charge in [0.15, 0.2) is 0 Å². The molecule has 0 aromatic heterocycles. The average Bonchev–Trinajstić information content (AvgIpc) is 2.76. The Morgan fingerprint density at radius 1 is 1.41 bits per heavy atom. The van der Waals surface area contributed by atoms with Crippen LogP contribution in [0.25, 0.3) is 0 Å². The number of likely N-dealkylation sites (N-methyl/N-ethyl adjacent to an activating group) is 1. The highest BCUT2D eigenvalue weighted by molar-refractivity contribution is 9.10. The molecular formula is C14H21BrN2. The lowest BCUT2D eigenvalue weighted by Crippen LogP contribution is -2.37. The van der Waals surface area contributed by atoms with E-state index >= 15 is 0 Å². The van der Waals surface area contributed by atoms with Crippen LogP contribution in [0.1, 0.15) is 30.0 Å². The number of hydrogen-bond donors (Lipinski definition) is 1. The normalized spacial score (nSPS) is 22.1. The van der Waals surface area contributed by atoms with E-state index < -0.39 is 0 Å². The van der Waals surface area contributed by atoms with Crippen molar-refractivity contribution in [1.29, 1.82) is 0 Å². The Morgan fingerprint density at radius 2 is 2.18 bits per heavy atom. The predicted octanol–water partition coefficient (Wildman–Crippen LogP) is 3.11. The van der Waals surface area contributed by atoms with Gasteiger partial charge in [0.1, 0.15) is 0 Å². The monoisotopic (exact) mass is 296 g/mol. The molecule has 1 N–H and O–H groups in total. The van der Waals surface area contributed by atoms with E-state index in [1.54, 1.807) is 0 Å². The molecule has 94 valence electrons. The van der Waals surface area contributed by atoms with Crippen molar-refractivity contribution in [2.24, 2.45) is 0 Å². The molecule has 1 aromatic carbocycles. The standard InChI is InChI=1S/C14H21BrN2/c1-10-6-7-11(15)9-12(10)14(17(2)3)13-5-4-8-16-13/h6-7,9,13-14,16H,4-5,8H2,1-3H3. The maximum absolute atomic E-state index is 3.63. The molecule has 1 aliphatic rings. The summed E-state index contributed by atoms with van der Waals surface area (Å²) in [7, 11) is 4.34. The maximum atomic E-state index is 3.63. The molecule has 1 aromatic rings. The van der Waals surface area contributed by atoms with Crippen LogP contribution < -0.4 is 5.32 Å². The first-order valence-electron chi connectivity index (χ1n) is 6.25. The first-order valence-corrected chi connectivity index (χ1v) is 7.05. The summed E-state index contributed by atoms with van der Waals surface area (Å²) in [4.78, 5) is 2.33. The summed E-state index contributed by atoms with van der Waals surface area (Å²) in [6.45, 7) is 3.36. The summed E-state index contributed by atoms with van der Waals surface area (Å²) >= 11 is 3.58. The SMILES string of the molecule is Cc1ccc(Br)cc1C(C1CCCN1)N(C)C. The number of nitrogens with one attached hydrogen (secondary N) is 1. The Hall–Kier alpha value is -0.380. The van der Waals surface area contributed by atoms with Crippen LogP contribution in [0.3, 0.4) is 0 Å². The van der Waals surface area contributed by atoms with Crippen LogP contribution in [-0.4, -0.2) is 31.6 Å². The van der Waals surface area contributed by atoms with Crippen molar-refractivity contribution in [3.63, 3.8) is 0 Å². The predicted molar refractivity (Wildman–Crippen MR) is 76.3 cm³/mol. The van der Waals surface area contributed by atoms with Crippen LogP contribution >= 0.6 is 15.9 Å². The Morgan fingerprint density at radius 3 is 2.76 bits per heavy atom. The van der Waals surface area contributed by atoms with E-state index in [0.717, 1.165) is 6.54 Å². The number of rotatable bonds is 3. The molecule has 0 saturated carbocycles. The Labute approximate surface area is 113 Å². The van der Waals surface area contributed by atoms with Gasteiger partial charge < -0.3 is 10.2 Å². The van der Waals surface area contributed by atoms with Crippen LogP contribution in [0.4, 0.5) is 0 Å². The first-order chi connectivity index (χ1) is 8.09. The van der Waals surface area contributed by atoms with Crippen molar-refractivity contribution >= 4 is 15.9 Å². The van der Waals surface area contributed by atoms with Gasteiger partial charge in [-0.25, -0.2) is 0 Å². The zero-order valence-corrected chi connectivity index (χ0v) is 12.4. The van der Waals surface area contributed by atoms with E-state index in [1.807, 2.05) is 0 Å². The molecule has 1 heterocycles. The van der Waals surface area contributed by atoms with E-state index in [1.165, 1.54) is 28.4 Å². The van der Waals surface area contributed by atoms with Crippen LogP contribution in [0.2, 0.25) is 0 Å². The van der Waals surface area contributed by atoms with E-state index in [2.05, 4.69) is 65.4 Å². The largest absolute Gasteiger partial charge is 0.312 e. The molecule has 0 aliphatic carbocycles. The summed E-state index contributed by atoms with van der Waals surface area (Å²) in [6, 6.07) is 7.63. The van der Waals surface area contributed by atoms with E-state index in [-0.39, 0.29) is 0 Å². The van der Waals surface area contributed by atoms with Gasteiger partial charge in [-0.05, 0) is 63.7 Å². The van der Waals surface area contributed by atoms with Gasteiger partial charge in [-0.2, -0.15) is 0 Å². The van der Waals surface area contributed by atoms with Crippen molar-refractivity contribution in [3.8, 4) is 0 Å². The van der Waals surface area contributed by atoms with Crippen molar-refractivity contribution in [3.05, 3.63) is 33.8 Å². The Bertz CT molecular complexity index is 384. The van der Waals surface area contributed by atoms with Crippen LogP contribution in [-0.2, 0) is 0 Å². The molecule has 2 nitrogen and oxygen atoms in total. The highest BCUT2D eigenvalue weighted by atomic mass is 79.9. The van der Waals surface area contributed by atoms with Gasteiger partial charge in [-0.1, -0.05) is 22.0 Å². The molecule has 2 atom stereocenters. The molecule has 1 saturated heterocycles. The summed E-state index contributed by atoms with van der Waals surface area (Å²) in [5, 5.41) is 3.63. The molecule has 3 heteroatoms. The summed E-state index contributed by atoms with van der Waals surface area (Å²) in [5.74, 6) is 0. The third-order valence-corrected chi connectivity index (χ3v) is 4.09. The second-order valence-corrected chi connectivity index (χ2v) is 6.03. The van der Waals surface area contributed by atoms with Crippen molar-refractivity contribution in [2.75, 3.05) is 20.6 Å². The van der Waals surface area contributed by atoms with Gasteiger partial charge in [-0.3, -0.25) is 0 Å². The minimum absolute atomic E-state index is 0.468. The second kappa shape index (κ2) is 5.51. The van der Waals surface area contributed by atoms with E-state index in [0.29, 0.717) is 12.1 Å². The molecule has 1 aliphatic heterocycles. The Balaban J connectivity index is 2.34. The molecule has 17 heavy (non-hydrogen) atoms. The van der Waals surface area contributed by atoms with Crippen LogP contribution in [0, 0.1) is 6.92 Å². The Kier molecular flexibility index (Phi) is 4.23. The highest BCUT2D eigenvalue weighted by Gasteiger charge is 2.28. The summed E-state index contributed by atoms with van der Waals surface area (Å²) < 4.78 is 1.17. The lowest BCUT2D eigenvalue weighted by atomic mass is 9.93. The molecule has 0 amide bonds. The third kappa shape index (κ3) is 2.90. The maximum Gasteiger partial charge on any atom is 0.0499 e. The van der Waals surface area contributed by atoms with Crippen LogP contribution in [0.5, 0.6) is 0 Å². The van der Waals surface area contributed by atoms with Gasteiger partial charge in [0.05, 0.1) is 0 Å². The summed E-state index contributed by atoms with van der Waals surface area (Å²) in [5.41, 5.74) is 2.81. The van der Waals surface area contributed by atoms with Gasteiger partial charge >= 0.3 is 0 Å². The number of hydrogen-bond acceptors (Lipinski definition) is 2. The van der Waals surface area contributed by atoms with Crippen LogP contribution in [0.15, 0.2) is 22.7 Å². The van der Waals surface area contributed by atoms with Gasteiger partial charge in [0, 0.05) is 16.6 Å². The molecule has 0 radical (unpaired) electrons. The molecule has 2 unspecified atom stereocenters. The zero-order valence-electron chi connectivity index (χ0n) is 10.8. The smallest absolute Gasteiger partial charge is 0.0499 e. The molecule has 0 spiro atoms. The average molecular weight is 297 g/mol. The quantitative estimate of drug-likeness (QED) is 0.922. The van der Waals surface area contributed by atoms with Crippen molar-refractivity contribution in [1.82, 2.24) is 10.2 Å². The van der Waals surface area contributed by atoms with Gasteiger partial charge in [0.2, 0.25) is 0 Å². The number of nitrogens with zero attached hydrogens (tertiary/aromatic N) is 1. The number of benzene rings is 1. The van der Waals surface area contributed by atoms with Gasteiger partial charge in [0.25, 0.3) is 0 Å². The third-order valence-electron chi connectivity index (χ3n) is 3.60.